The molecule has 1 rings (SSSR count). The molecule has 0 spiro atoms. The number of nitrogens with zero attached hydrogens (tertiary/aromatic N) is 1. The summed E-state index contributed by atoms with van der Waals surface area (Å²) in [6.45, 7) is 8.19. The maximum absolute atomic E-state index is 12.5. The Morgan fingerprint density at radius 2 is 1.92 bits per heavy atom. The molecule has 0 N–H and O–H groups in total. The van der Waals surface area contributed by atoms with E-state index in [1.54, 1.807) is 19.1 Å². The highest BCUT2D eigenvalue weighted by atomic mass is 16.7. The van der Waals surface area contributed by atoms with Gasteiger partial charge >= 0.3 is 12.1 Å². The van der Waals surface area contributed by atoms with Gasteiger partial charge in [-0.15, -0.1) is 0 Å². The summed E-state index contributed by atoms with van der Waals surface area (Å²) in [6.07, 6.45) is 8.14. The van der Waals surface area contributed by atoms with Gasteiger partial charge in [0.2, 0.25) is 0 Å². The van der Waals surface area contributed by atoms with Crippen molar-refractivity contribution in [3.8, 4) is 0 Å². The van der Waals surface area contributed by atoms with Crippen LogP contribution in [0.2, 0.25) is 0 Å². The van der Waals surface area contributed by atoms with E-state index >= 15 is 0 Å². The molecule has 7 nitrogen and oxygen atoms in total. The third-order valence-electron chi connectivity index (χ3n) is 3.71. The fraction of sp³-hybridized carbons (Fsp3) is 0.579. The molecule has 0 atom stereocenters. The fourth-order valence-corrected chi connectivity index (χ4v) is 2.42. The molecular weight excluding hydrogens is 338 g/mol. The van der Waals surface area contributed by atoms with Crippen molar-refractivity contribution in [2.24, 2.45) is 0 Å². The van der Waals surface area contributed by atoms with Crippen LogP contribution in [0.4, 0.5) is 4.79 Å². The van der Waals surface area contributed by atoms with Crippen molar-refractivity contribution < 1.29 is 28.5 Å². The number of allylic oxidation sites excluding steroid dienone is 3. The second kappa shape index (κ2) is 11.5. The number of hydrogen-bond donors (Lipinski definition) is 0. The first kappa shape index (κ1) is 21.9. The first-order valence-corrected chi connectivity index (χ1v) is 8.65. The number of carbonyl (C=O) groups excluding carboxylic acids is 2. The van der Waals surface area contributed by atoms with E-state index in [-0.39, 0.29) is 19.7 Å². The molecule has 0 radical (unpaired) electrons. The lowest BCUT2D eigenvalue weighted by molar-refractivity contribution is -0.219. The Morgan fingerprint density at radius 1 is 1.27 bits per heavy atom. The molecule has 0 saturated carbocycles. The normalized spacial score (nSPS) is 17.4. The van der Waals surface area contributed by atoms with Crippen LogP contribution in [-0.4, -0.2) is 62.8 Å². The van der Waals surface area contributed by atoms with Gasteiger partial charge in [0.1, 0.15) is 13.2 Å². The van der Waals surface area contributed by atoms with Crippen molar-refractivity contribution in [1.82, 2.24) is 4.90 Å². The quantitative estimate of drug-likeness (QED) is 0.485. The second-order valence-corrected chi connectivity index (χ2v) is 6.00. The number of esters is 1. The number of carbonyl (C=O) groups is 2. The molecule has 1 aliphatic rings. The van der Waals surface area contributed by atoms with Crippen LogP contribution in [0.1, 0.15) is 26.7 Å². The molecule has 0 bridgehead atoms. The SMILES string of the molecule is C=C/C=C(\C=C/C)COC(=O)N(CC(=O)OC)CC1(C)OCCCCO1. The van der Waals surface area contributed by atoms with Crippen molar-refractivity contribution in [1.29, 1.82) is 0 Å². The van der Waals surface area contributed by atoms with Crippen LogP contribution >= 0.6 is 0 Å². The minimum Gasteiger partial charge on any atom is -0.468 e. The first-order valence-electron chi connectivity index (χ1n) is 8.65. The zero-order chi connectivity index (χ0) is 19.4. The van der Waals surface area contributed by atoms with Gasteiger partial charge in [0, 0.05) is 0 Å². The van der Waals surface area contributed by atoms with Crippen LogP contribution in [0, 0.1) is 0 Å². The van der Waals surface area contributed by atoms with E-state index in [0.29, 0.717) is 13.2 Å². The number of amides is 1. The van der Waals surface area contributed by atoms with Crippen LogP contribution in [-0.2, 0) is 23.7 Å². The van der Waals surface area contributed by atoms with Gasteiger partial charge in [0.05, 0.1) is 26.9 Å². The summed E-state index contributed by atoms with van der Waals surface area (Å²) in [4.78, 5) is 25.4. The van der Waals surface area contributed by atoms with E-state index < -0.39 is 17.8 Å². The monoisotopic (exact) mass is 367 g/mol. The van der Waals surface area contributed by atoms with Gasteiger partial charge in [-0.3, -0.25) is 9.69 Å². The minimum absolute atomic E-state index is 0.0606. The van der Waals surface area contributed by atoms with Crippen LogP contribution in [0.3, 0.4) is 0 Å². The number of rotatable bonds is 8. The van der Waals surface area contributed by atoms with Crippen LogP contribution < -0.4 is 0 Å². The lowest BCUT2D eigenvalue weighted by atomic mass is 10.2. The van der Waals surface area contributed by atoms with Gasteiger partial charge in [0.15, 0.2) is 5.79 Å². The molecule has 146 valence electrons. The first-order chi connectivity index (χ1) is 12.4. The molecule has 0 aromatic rings. The lowest BCUT2D eigenvalue weighted by Gasteiger charge is -2.33. The maximum atomic E-state index is 12.5. The zero-order valence-corrected chi connectivity index (χ0v) is 15.9. The molecule has 0 aromatic heterocycles. The van der Waals surface area contributed by atoms with E-state index in [1.165, 1.54) is 12.0 Å². The van der Waals surface area contributed by atoms with Crippen LogP contribution in [0.25, 0.3) is 0 Å². The van der Waals surface area contributed by atoms with Crippen LogP contribution in [0.15, 0.2) is 36.5 Å². The van der Waals surface area contributed by atoms with Gasteiger partial charge in [-0.25, -0.2) is 4.79 Å². The third kappa shape index (κ3) is 7.84. The van der Waals surface area contributed by atoms with Gasteiger partial charge in [-0.1, -0.05) is 30.9 Å². The van der Waals surface area contributed by atoms with Gasteiger partial charge < -0.3 is 18.9 Å². The standard InChI is InChI=1S/C19H29NO6/c1-5-9-16(10-6-2)14-24-18(22)20(13-17(21)23-4)15-19(3)25-11-7-8-12-26-19/h5-6,9-10H,1,7-8,11-15H2,2-4H3/b10-6-,16-9+. The Kier molecular flexibility index (Phi) is 9.69. The summed E-state index contributed by atoms with van der Waals surface area (Å²) < 4.78 is 21.5. The predicted molar refractivity (Wildman–Crippen MR) is 97.6 cm³/mol. The van der Waals surface area contributed by atoms with Gasteiger partial charge in [0.25, 0.3) is 0 Å². The van der Waals surface area contributed by atoms with Crippen molar-refractivity contribution >= 4 is 12.1 Å². The minimum atomic E-state index is -0.993. The van der Waals surface area contributed by atoms with E-state index in [2.05, 4.69) is 11.3 Å². The predicted octanol–water partition coefficient (Wildman–Crippen LogP) is 2.83. The van der Waals surface area contributed by atoms with Crippen molar-refractivity contribution in [3.05, 3.63) is 36.5 Å². The Bertz CT molecular complexity index is 532. The molecule has 0 aromatic carbocycles. The maximum Gasteiger partial charge on any atom is 0.410 e. The molecule has 0 unspecified atom stereocenters. The summed E-state index contributed by atoms with van der Waals surface area (Å²) in [5.74, 6) is -1.54. The van der Waals surface area contributed by atoms with Crippen molar-refractivity contribution in [2.45, 2.75) is 32.5 Å². The van der Waals surface area contributed by atoms with Crippen molar-refractivity contribution in [3.63, 3.8) is 0 Å². The molecule has 1 amide bonds. The summed E-state index contributed by atoms with van der Waals surface area (Å²) >= 11 is 0. The summed E-state index contributed by atoms with van der Waals surface area (Å²) in [6, 6.07) is 0. The Hall–Kier alpha value is -2.12. The second-order valence-electron chi connectivity index (χ2n) is 6.00. The molecule has 1 saturated heterocycles. The Morgan fingerprint density at radius 3 is 2.46 bits per heavy atom. The summed E-state index contributed by atoms with van der Waals surface area (Å²) in [5.41, 5.74) is 0.780. The van der Waals surface area contributed by atoms with Gasteiger partial charge in [-0.2, -0.15) is 0 Å². The highest BCUT2D eigenvalue weighted by Crippen LogP contribution is 2.20. The molecule has 1 aliphatic heterocycles. The van der Waals surface area contributed by atoms with E-state index in [9.17, 15) is 9.59 Å². The zero-order valence-electron chi connectivity index (χ0n) is 15.9. The molecule has 0 aliphatic carbocycles. The van der Waals surface area contributed by atoms with Gasteiger partial charge in [-0.05, 0) is 32.3 Å². The topological polar surface area (TPSA) is 74.3 Å². The lowest BCUT2D eigenvalue weighted by Crippen LogP contribution is -2.49. The summed E-state index contributed by atoms with van der Waals surface area (Å²) in [7, 11) is 1.27. The highest BCUT2D eigenvalue weighted by Gasteiger charge is 2.34. The molecule has 1 heterocycles. The Balaban J connectivity index is 2.80. The Labute approximate surface area is 155 Å². The highest BCUT2D eigenvalue weighted by molar-refractivity contribution is 5.78. The molecular formula is C19H29NO6. The average molecular weight is 367 g/mol. The van der Waals surface area contributed by atoms with Crippen LogP contribution in [0.5, 0.6) is 0 Å². The molecule has 1 fully saturated rings. The number of methoxy groups -OCH3 is 1. The van der Waals surface area contributed by atoms with E-state index in [0.717, 1.165) is 18.4 Å². The van der Waals surface area contributed by atoms with E-state index in [1.807, 2.05) is 19.1 Å². The van der Waals surface area contributed by atoms with E-state index in [4.69, 9.17) is 14.2 Å². The number of hydrogen-bond acceptors (Lipinski definition) is 6. The fourth-order valence-electron chi connectivity index (χ4n) is 2.42. The largest absolute Gasteiger partial charge is 0.468 e. The third-order valence-corrected chi connectivity index (χ3v) is 3.71. The molecule has 26 heavy (non-hydrogen) atoms. The average Bonchev–Trinajstić information content (AvgIpc) is 2.83. The van der Waals surface area contributed by atoms with Crippen molar-refractivity contribution in [2.75, 3.05) is 40.0 Å². The number of ether oxygens (including phenoxy) is 4. The smallest absolute Gasteiger partial charge is 0.410 e. The summed E-state index contributed by atoms with van der Waals surface area (Å²) in [5, 5.41) is 0. The molecule has 7 heteroatoms.